The summed E-state index contributed by atoms with van der Waals surface area (Å²) in [6.07, 6.45) is 4.71. The largest absolute Gasteiger partial charge is 0.304 e. The fourth-order valence-corrected chi connectivity index (χ4v) is 1.90. The maximum absolute atomic E-state index is 7.85. The first-order chi connectivity index (χ1) is 7.34. The maximum atomic E-state index is 7.85. The van der Waals surface area contributed by atoms with Crippen molar-refractivity contribution in [2.75, 3.05) is 0 Å². The van der Waals surface area contributed by atoms with E-state index in [1.54, 1.807) is 0 Å². The van der Waals surface area contributed by atoms with E-state index in [-0.39, 0.29) is 0 Å². The highest BCUT2D eigenvalue weighted by Gasteiger charge is 2.11. The highest BCUT2D eigenvalue weighted by Crippen LogP contribution is 2.22. The number of rotatable bonds is 0. The van der Waals surface area contributed by atoms with E-state index >= 15 is 0 Å². The predicted octanol–water partition coefficient (Wildman–Crippen LogP) is 3.02. The van der Waals surface area contributed by atoms with Gasteiger partial charge in [0.25, 0.3) is 0 Å². The molecule has 2 nitrogen and oxygen atoms in total. The van der Waals surface area contributed by atoms with Gasteiger partial charge in [-0.25, -0.2) is 4.98 Å². The van der Waals surface area contributed by atoms with Crippen LogP contribution in [-0.4, -0.2) is 10.7 Å². The van der Waals surface area contributed by atoms with Gasteiger partial charge in [-0.15, -0.1) is 0 Å². The molecule has 72 valence electrons. The van der Waals surface area contributed by atoms with E-state index in [9.17, 15) is 0 Å². The molecule has 1 aliphatic rings. The van der Waals surface area contributed by atoms with Gasteiger partial charge in [0, 0.05) is 23.1 Å². The minimum atomic E-state index is 0.658. The lowest BCUT2D eigenvalue weighted by molar-refractivity contribution is 1.27. The van der Waals surface area contributed by atoms with E-state index in [4.69, 9.17) is 5.41 Å². The van der Waals surface area contributed by atoms with Gasteiger partial charge < -0.3 is 5.41 Å². The quantitative estimate of drug-likeness (QED) is 0.687. The van der Waals surface area contributed by atoms with Gasteiger partial charge in [-0.3, -0.25) is 0 Å². The summed E-state index contributed by atoms with van der Waals surface area (Å²) in [6.45, 7) is 0. The number of nitrogens with zero attached hydrogens (tertiary/aromatic N) is 1. The molecule has 0 radical (unpaired) electrons. The second-order valence-corrected chi connectivity index (χ2v) is 3.70. The molecule has 3 rings (SSSR count). The molecule has 0 fully saturated rings. The van der Waals surface area contributed by atoms with Gasteiger partial charge in [0.05, 0.1) is 11.2 Å². The Labute approximate surface area is 87.8 Å². The molecule has 0 amide bonds. The van der Waals surface area contributed by atoms with Crippen LogP contribution in [0.2, 0.25) is 0 Å². The van der Waals surface area contributed by atoms with E-state index in [1.807, 2.05) is 36.4 Å². The van der Waals surface area contributed by atoms with E-state index in [0.717, 1.165) is 22.2 Å². The predicted molar refractivity (Wildman–Crippen MR) is 62.2 cm³/mol. The first-order valence-electron chi connectivity index (χ1n) is 4.99. The number of hydrogen-bond donors (Lipinski definition) is 1. The van der Waals surface area contributed by atoms with Crippen LogP contribution >= 0.6 is 0 Å². The average Bonchev–Trinajstić information content (AvgIpc) is 2.27. The standard InChI is InChI=1S/C13H10N2/c14-11-5-3-7-13-10(11)8-9-4-1-2-6-12(9)15-13/h1-4,6-8,14H,5H2. The molecule has 1 aromatic heterocycles. The molecule has 0 unspecified atom stereocenters. The zero-order chi connectivity index (χ0) is 10.3. The second kappa shape index (κ2) is 3.02. The third kappa shape index (κ3) is 1.26. The van der Waals surface area contributed by atoms with Gasteiger partial charge in [-0.05, 0) is 18.2 Å². The van der Waals surface area contributed by atoms with Crippen LogP contribution in [-0.2, 0) is 0 Å². The SMILES string of the molecule is N=C1CC=Cc2nc3ccccc3cc21. The first-order valence-corrected chi connectivity index (χ1v) is 4.99. The lowest BCUT2D eigenvalue weighted by atomic mass is 9.98. The highest BCUT2D eigenvalue weighted by atomic mass is 14.7. The Kier molecular flexibility index (Phi) is 1.68. The first kappa shape index (κ1) is 8.36. The summed E-state index contributed by atoms with van der Waals surface area (Å²) in [6, 6.07) is 10.1. The summed E-state index contributed by atoms with van der Waals surface area (Å²) < 4.78 is 0. The van der Waals surface area contributed by atoms with Crippen LogP contribution < -0.4 is 0 Å². The third-order valence-electron chi connectivity index (χ3n) is 2.68. The van der Waals surface area contributed by atoms with Crippen LogP contribution in [0, 0.1) is 5.41 Å². The molecule has 2 aromatic rings. The van der Waals surface area contributed by atoms with Crippen molar-refractivity contribution in [3.8, 4) is 0 Å². The van der Waals surface area contributed by atoms with Crippen LogP contribution in [0.3, 0.4) is 0 Å². The minimum absolute atomic E-state index is 0.658. The highest BCUT2D eigenvalue weighted by molar-refractivity contribution is 6.06. The molecule has 15 heavy (non-hydrogen) atoms. The summed E-state index contributed by atoms with van der Waals surface area (Å²) in [5.74, 6) is 0. The average molecular weight is 194 g/mol. The molecule has 1 heterocycles. The molecular weight excluding hydrogens is 184 g/mol. The van der Waals surface area contributed by atoms with E-state index in [1.165, 1.54) is 0 Å². The lowest BCUT2D eigenvalue weighted by Gasteiger charge is -2.11. The Hall–Kier alpha value is -1.96. The van der Waals surface area contributed by atoms with Crippen molar-refractivity contribution in [2.45, 2.75) is 6.42 Å². The van der Waals surface area contributed by atoms with Crippen molar-refractivity contribution in [3.05, 3.63) is 47.7 Å². The Bertz CT molecular complexity index is 582. The number of aromatic nitrogens is 1. The zero-order valence-electron chi connectivity index (χ0n) is 8.20. The van der Waals surface area contributed by atoms with Crippen LogP contribution in [0.5, 0.6) is 0 Å². The molecule has 0 bridgehead atoms. The molecule has 2 heteroatoms. The lowest BCUT2D eigenvalue weighted by Crippen LogP contribution is -2.06. The summed E-state index contributed by atoms with van der Waals surface area (Å²) in [5.41, 5.74) is 3.54. The molecular formula is C13H10N2. The summed E-state index contributed by atoms with van der Waals surface area (Å²) >= 11 is 0. The third-order valence-corrected chi connectivity index (χ3v) is 2.68. The van der Waals surface area contributed by atoms with Crippen molar-refractivity contribution in [1.29, 1.82) is 5.41 Å². The van der Waals surface area contributed by atoms with Crippen LogP contribution in [0.1, 0.15) is 17.7 Å². The van der Waals surface area contributed by atoms with Gasteiger partial charge in [-0.2, -0.15) is 0 Å². The van der Waals surface area contributed by atoms with Gasteiger partial charge in [0.2, 0.25) is 0 Å². The van der Waals surface area contributed by atoms with Crippen LogP contribution in [0.25, 0.3) is 17.0 Å². The topological polar surface area (TPSA) is 36.7 Å². The van der Waals surface area contributed by atoms with Crippen molar-refractivity contribution < 1.29 is 0 Å². The maximum Gasteiger partial charge on any atom is 0.0724 e. The number of fused-ring (bicyclic) bond motifs is 2. The molecule has 1 aromatic carbocycles. The van der Waals surface area contributed by atoms with Gasteiger partial charge in [0.1, 0.15) is 0 Å². The summed E-state index contributed by atoms with van der Waals surface area (Å²) in [4.78, 5) is 4.54. The molecule has 0 saturated carbocycles. The molecule has 0 atom stereocenters. The van der Waals surface area contributed by atoms with Crippen molar-refractivity contribution in [2.24, 2.45) is 0 Å². The van der Waals surface area contributed by atoms with Crippen molar-refractivity contribution >= 4 is 22.7 Å². The van der Waals surface area contributed by atoms with E-state index in [0.29, 0.717) is 12.1 Å². The number of pyridine rings is 1. The fourth-order valence-electron chi connectivity index (χ4n) is 1.90. The number of allylic oxidation sites excluding steroid dienone is 1. The van der Waals surface area contributed by atoms with Gasteiger partial charge >= 0.3 is 0 Å². The van der Waals surface area contributed by atoms with Gasteiger partial charge in [0.15, 0.2) is 0 Å². The second-order valence-electron chi connectivity index (χ2n) is 3.70. The number of hydrogen-bond acceptors (Lipinski definition) is 2. The van der Waals surface area contributed by atoms with Crippen molar-refractivity contribution in [3.63, 3.8) is 0 Å². The number of nitrogens with one attached hydrogen (secondary N) is 1. The number of benzene rings is 1. The summed E-state index contributed by atoms with van der Waals surface area (Å²) in [7, 11) is 0. The smallest absolute Gasteiger partial charge is 0.0724 e. The molecule has 0 saturated heterocycles. The zero-order valence-corrected chi connectivity index (χ0v) is 8.20. The van der Waals surface area contributed by atoms with E-state index in [2.05, 4.69) is 11.1 Å². The van der Waals surface area contributed by atoms with Crippen LogP contribution in [0.15, 0.2) is 36.4 Å². The Morgan fingerprint density at radius 3 is 3.00 bits per heavy atom. The van der Waals surface area contributed by atoms with Gasteiger partial charge in [-0.1, -0.05) is 24.3 Å². The monoisotopic (exact) mass is 194 g/mol. The molecule has 1 N–H and O–H groups in total. The summed E-state index contributed by atoms with van der Waals surface area (Å²) in [5, 5.41) is 8.96. The fraction of sp³-hybridized carbons (Fsp3) is 0.0769. The molecule has 0 spiro atoms. The number of para-hydroxylation sites is 1. The normalized spacial score (nSPS) is 14.3. The Morgan fingerprint density at radius 2 is 2.07 bits per heavy atom. The Balaban J connectivity index is 2.38. The van der Waals surface area contributed by atoms with E-state index < -0.39 is 0 Å². The van der Waals surface area contributed by atoms with Crippen molar-refractivity contribution in [1.82, 2.24) is 4.98 Å². The Morgan fingerprint density at radius 1 is 1.20 bits per heavy atom. The van der Waals surface area contributed by atoms with Crippen LogP contribution in [0.4, 0.5) is 0 Å². The minimum Gasteiger partial charge on any atom is -0.304 e. The molecule has 0 aliphatic heterocycles. The molecule has 1 aliphatic carbocycles.